The largest absolute Gasteiger partial charge is 0.431 e. The quantitative estimate of drug-likeness (QED) is 0.399. The molecule has 0 radical (unpaired) electrons. The molecule has 1 aromatic carbocycles. The van der Waals surface area contributed by atoms with E-state index in [-0.39, 0.29) is 0 Å². The number of benzene rings is 1. The molecule has 4 nitrogen and oxygen atoms in total. The van der Waals surface area contributed by atoms with E-state index in [1.807, 2.05) is 35.7 Å². The Morgan fingerprint density at radius 1 is 1.14 bits per heavy atom. The van der Waals surface area contributed by atoms with Crippen molar-refractivity contribution >= 4 is 56.0 Å². The van der Waals surface area contributed by atoms with Gasteiger partial charge in [-0.25, -0.2) is 15.0 Å². The van der Waals surface area contributed by atoms with Crippen LogP contribution in [-0.4, -0.2) is 15.0 Å². The van der Waals surface area contributed by atoms with Gasteiger partial charge in [-0.2, -0.15) is 0 Å². The molecule has 0 aliphatic rings. The fraction of sp³-hybridized carbons (Fsp3) is 0.0714. The van der Waals surface area contributed by atoms with Crippen molar-refractivity contribution in [2.45, 2.75) is 11.0 Å². The van der Waals surface area contributed by atoms with Gasteiger partial charge in [0.1, 0.15) is 21.3 Å². The lowest BCUT2D eigenvalue weighted by Gasteiger charge is -1.99. The van der Waals surface area contributed by atoms with Crippen LogP contribution in [0.3, 0.4) is 0 Å². The third-order valence-corrected chi connectivity index (χ3v) is 4.84. The number of thioether (sulfide) groups is 1. The maximum Gasteiger partial charge on any atom is 0.257 e. The van der Waals surface area contributed by atoms with Crippen molar-refractivity contribution in [3.05, 3.63) is 46.7 Å². The van der Waals surface area contributed by atoms with Gasteiger partial charge < -0.3 is 4.42 Å². The average Bonchev–Trinajstić information content (AvgIpc) is 3.11. The summed E-state index contributed by atoms with van der Waals surface area (Å²) in [5.74, 6) is 1.25. The number of aromatic nitrogens is 3. The second-order valence-corrected chi connectivity index (χ2v) is 6.49. The van der Waals surface area contributed by atoms with Crippen LogP contribution < -0.4 is 0 Å². The summed E-state index contributed by atoms with van der Waals surface area (Å²) in [6.07, 6.45) is 0. The first-order chi connectivity index (χ1) is 10.3. The van der Waals surface area contributed by atoms with Crippen molar-refractivity contribution in [1.29, 1.82) is 0 Å². The predicted molar refractivity (Wildman–Crippen MR) is 86.0 cm³/mol. The number of fused-ring (bicyclic) bond motifs is 2. The molecule has 4 aromatic rings. The lowest BCUT2D eigenvalue weighted by Crippen LogP contribution is -1.92. The van der Waals surface area contributed by atoms with Crippen LogP contribution in [0.1, 0.15) is 5.82 Å². The molecule has 0 fully saturated rings. The fourth-order valence-corrected chi connectivity index (χ4v) is 3.75. The molecule has 0 aliphatic heterocycles. The Morgan fingerprint density at radius 3 is 2.95 bits per heavy atom. The van der Waals surface area contributed by atoms with Gasteiger partial charge in [0.05, 0.1) is 5.75 Å². The first-order valence-corrected chi connectivity index (χ1v) is 8.42. The highest BCUT2D eigenvalue weighted by atomic mass is 35.5. The lowest BCUT2D eigenvalue weighted by molar-refractivity contribution is 0.489. The van der Waals surface area contributed by atoms with Crippen LogP contribution in [-0.2, 0) is 5.75 Å². The van der Waals surface area contributed by atoms with Gasteiger partial charge in [-0.05, 0) is 23.6 Å². The monoisotopic (exact) mass is 333 g/mol. The minimum absolute atomic E-state index is 0.495. The normalized spacial score (nSPS) is 11.5. The van der Waals surface area contributed by atoms with Crippen LogP contribution in [0.5, 0.6) is 0 Å². The molecule has 0 atom stereocenters. The zero-order valence-corrected chi connectivity index (χ0v) is 13.0. The zero-order chi connectivity index (χ0) is 14.2. The summed E-state index contributed by atoms with van der Waals surface area (Å²) in [6, 6.07) is 9.62. The molecular formula is C14H8ClN3OS2. The van der Waals surface area contributed by atoms with Crippen molar-refractivity contribution in [3.8, 4) is 0 Å². The molecule has 21 heavy (non-hydrogen) atoms. The van der Waals surface area contributed by atoms with E-state index in [0.29, 0.717) is 22.0 Å². The van der Waals surface area contributed by atoms with E-state index in [2.05, 4.69) is 15.0 Å². The van der Waals surface area contributed by atoms with E-state index in [9.17, 15) is 0 Å². The maximum absolute atomic E-state index is 6.16. The van der Waals surface area contributed by atoms with Crippen LogP contribution in [0, 0.1) is 0 Å². The zero-order valence-electron chi connectivity index (χ0n) is 10.6. The van der Waals surface area contributed by atoms with Gasteiger partial charge in [0.25, 0.3) is 5.22 Å². The molecule has 3 aromatic heterocycles. The molecule has 0 spiro atoms. The Morgan fingerprint density at radius 2 is 2.05 bits per heavy atom. The molecular weight excluding hydrogens is 326 g/mol. The Balaban J connectivity index is 1.59. The van der Waals surface area contributed by atoms with Crippen molar-refractivity contribution < 1.29 is 4.42 Å². The first kappa shape index (κ1) is 13.1. The number of oxazole rings is 1. The van der Waals surface area contributed by atoms with E-state index < -0.39 is 0 Å². The van der Waals surface area contributed by atoms with Crippen LogP contribution in [0.15, 0.2) is 45.4 Å². The van der Waals surface area contributed by atoms with E-state index in [1.165, 1.54) is 11.8 Å². The van der Waals surface area contributed by atoms with Gasteiger partial charge in [-0.1, -0.05) is 35.5 Å². The average molecular weight is 334 g/mol. The summed E-state index contributed by atoms with van der Waals surface area (Å²) < 4.78 is 5.66. The molecule has 4 rings (SSSR count). The molecule has 0 unspecified atom stereocenters. The molecule has 3 heterocycles. The Bertz CT molecular complexity index is 901. The smallest absolute Gasteiger partial charge is 0.257 e. The van der Waals surface area contributed by atoms with Crippen LogP contribution in [0.4, 0.5) is 0 Å². The minimum Gasteiger partial charge on any atom is -0.431 e. The van der Waals surface area contributed by atoms with E-state index in [0.717, 1.165) is 21.3 Å². The van der Waals surface area contributed by atoms with Gasteiger partial charge in [-0.15, -0.1) is 11.3 Å². The first-order valence-electron chi connectivity index (χ1n) is 6.17. The summed E-state index contributed by atoms with van der Waals surface area (Å²) in [5.41, 5.74) is 1.64. The molecule has 0 saturated heterocycles. The van der Waals surface area contributed by atoms with Gasteiger partial charge in [0, 0.05) is 5.39 Å². The number of nitrogens with zero attached hydrogens (tertiary/aromatic N) is 3. The molecule has 0 amide bonds. The highest BCUT2D eigenvalue weighted by molar-refractivity contribution is 7.98. The minimum atomic E-state index is 0.495. The number of para-hydroxylation sites is 2. The molecule has 0 aliphatic carbocycles. The summed E-state index contributed by atoms with van der Waals surface area (Å²) in [6.45, 7) is 0. The Hall–Kier alpha value is -1.63. The molecule has 0 saturated carbocycles. The number of rotatable bonds is 3. The number of halogens is 1. The summed E-state index contributed by atoms with van der Waals surface area (Å²) in [5, 5.41) is 3.97. The predicted octanol–water partition coefficient (Wildman–Crippen LogP) is 4.78. The van der Waals surface area contributed by atoms with Gasteiger partial charge in [0.2, 0.25) is 0 Å². The van der Waals surface area contributed by atoms with Crippen molar-refractivity contribution in [2.24, 2.45) is 0 Å². The number of hydrogen-bond acceptors (Lipinski definition) is 6. The number of thiophene rings is 1. The summed E-state index contributed by atoms with van der Waals surface area (Å²) in [7, 11) is 0. The van der Waals surface area contributed by atoms with Crippen molar-refractivity contribution in [1.82, 2.24) is 15.0 Å². The summed E-state index contributed by atoms with van der Waals surface area (Å²) in [4.78, 5) is 14.1. The van der Waals surface area contributed by atoms with Gasteiger partial charge >= 0.3 is 0 Å². The standard InChI is InChI=1S/C14H8ClN3OS2/c15-12-8-5-6-20-13(8)18-11(17-12)7-21-14-16-9-3-1-2-4-10(9)19-14/h1-6H,7H2. The molecule has 0 N–H and O–H groups in total. The van der Waals surface area contributed by atoms with Crippen LogP contribution in [0.2, 0.25) is 5.15 Å². The lowest BCUT2D eigenvalue weighted by atomic mass is 10.3. The SMILES string of the molecule is Clc1nc(CSc2nc3ccccc3o2)nc2sccc12. The third kappa shape index (κ3) is 2.50. The number of hydrogen-bond donors (Lipinski definition) is 0. The second-order valence-electron chi connectivity index (χ2n) is 4.31. The topological polar surface area (TPSA) is 51.8 Å². The Labute approximate surface area is 133 Å². The van der Waals surface area contributed by atoms with E-state index in [1.54, 1.807) is 11.3 Å². The highest BCUT2D eigenvalue weighted by Crippen LogP contribution is 2.28. The third-order valence-electron chi connectivity index (χ3n) is 2.92. The second kappa shape index (κ2) is 5.29. The Kier molecular flexibility index (Phi) is 3.29. The van der Waals surface area contributed by atoms with E-state index in [4.69, 9.17) is 16.0 Å². The highest BCUT2D eigenvalue weighted by Gasteiger charge is 2.10. The molecule has 104 valence electrons. The van der Waals surface area contributed by atoms with Crippen molar-refractivity contribution in [2.75, 3.05) is 0 Å². The van der Waals surface area contributed by atoms with Gasteiger partial charge in [0.15, 0.2) is 5.58 Å². The summed E-state index contributed by atoms with van der Waals surface area (Å²) >= 11 is 9.18. The maximum atomic E-state index is 6.16. The van der Waals surface area contributed by atoms with E-state index >= 15 is 0 Å². The van der Waals surface area contributed by atoms with Crippen LogP contribution in [0.25, 0.3) is 21.3 Å². The fourth-order valence-electron chi connectivity index (χ4n) is 1.96. The molecule has 0 bridgehead atoms. The molecule has 7 heteroatoms. The van der Waals surface area contributed by atoms with Gasteiger partial charge in [-0.3, -0.25) is 0 Å². The van der Waals surface area contributed by atoms with Crippen molar-refractivity contribution in [3.63, 3.8) is 0 Å². The van der Waals surface area contributed by atoms with Crippen LogP contribution >= 0.6 is 34.7 Å².